The van der Waals surface area contributed by atoms with Gasteiger partial charge in [-0.05, 0) is 23.6 Å². The van der Waals surface area contributed by atoms with Crippen molar-refractivity contribution in [3.8, 4) is 5.69 Å². The summed E-state index contributed by atoms with van der Waals surface area (Å²) in [6, 6.07) is 3.80. The third-order valence-corrected chi connectivity index (χ3v) is 3.21. The van der Waals surface area contributed by atoms with Gasteiger partial charge in [0, 0.05) is 18.1 Å². The van der Waals surface area contributed by atoms with Crippen LogP contribution < -0.4 is 11.1 Å². The lowest BCUT2D eigenvalue weighted by Crippen LogP contribution is -2.45. The molecule has 0 aliphatic carbocycles. The molecule has 1 heterocycles. The summed E-state index contributed by atoms with van der Waals surface area (Å²) in [5.74, 6) is -0.785. The summed E-state index contributed by atoms with van der Waals surface area (Å²) in [5.41, 5.74) is 6.25. The summed E-state index contributed by atoms with van der Waals surface area (Å²) < 4.78 is 15.6. The van der Waals surface area contributed by atoms with E-state index < -0.39 is 11.9 Å². The van der Waals surface area contributed by atoms with Crippen molar-refractivity contribution in [2.24, 2.45) is 11.1 Å². The second-order valence-corrected chi connectivity index (χ2v) is 5.97. The summed E-state index contributed by atoms with van der Waals surface area (Å²) in [4.78, 5) is 15.9. The van der Waals surface area contributed by atoms with Gasteiger partial charge in [0.05, 0.1) is 18.1 Å². The van der Waals surface area contributed by atoms with E-state index >= 15 is 0 Å². The van der Waals surface area contributed by atoms with Gasteiger partial charge in [0.2, 0.25) is 5.91 Å². The van der Waals surface area contributed by atoms with Crippen molar-refractivity contribution >= 4 is 11.6 Å². The van der Waals surface area contributed by atoms with E-state index in [0.717, 1.165) is 0 Å². The fourth-order valence-corrected chi connectivity index (χ4v) is 1.81. The average Bonchev–Trinajstić information content (AvgIpc) is 2.90. The van der Waals surface area contributed by atoms with Gasteiger partial charge in [-0.25, -0.2) is 9.37 Å². The Hall–Kier alpha value is -2.21. The van der Waals surface area contributed by atoms with Crippen LogP contribution in [-0.2, 0) is 4.79 Å². The number of benzene rings is 1. The van der Waals surface area contributed by atoms with Gasteiger partial charge in [0.1, 0.15) is 5.82 Å². The van der Waals surface area contributed by atoms with Gasteiger partial charge in [0.25, 0.3) is 0 Å². The number of amides is 1. The standard InChI is InChI=1S/C15H19FN4O/c1-15(2,3)13(17)14(21)19-10-4-5-12(11(16)8-10)20-7-6-18-9-20/h4-9,13H,17H2,1-3H3,(H,19,21)/t13-/m1/s1. The van der Waals surface area contributed by atoms with Gasteiger partial charge in [-0.2, -0.15) is 0 Å². The van der Waals surface area contributed by atoms with Crippen molar-refractivity contribution < 1.29 is 9.18 Å². The Bertz CT molecular complexity index is 632. The Kier molecular flexibility index (Phi) is 4.09. The van der Waals surface area contributed by atoms with Crippen molar-refractivity contribution in [3.63, 3.8) is 0 Å². The maximum atomic E-state index is 14.1. The summed E-state index contributed by atoms with van der Waals surface area (Å²) >= 11 is 0. The van der Waals surface area contributed by atoms with Crippen LogP contribution in [0, 0.1) is 11.2 Å². The van der Waals surface area contributed by atoms with Crippen LogP contribution in [-0.4, -0.2) is 21.5 Å². The topological polar surface area (TPSA) is 72.9 Å². The van der Waals surface area contributed by atoms with Crippen LogP contribution in [0.2, 0.25) is 0 Å². The number of nitrogens with one attached hydrogen (secondary N) is 1. The van der Waals surface area contributed by atoms with Crippen LogP contribution in [0.25, 0.3) is 5.69 Å². The van der Waals surface area contributed by atoms with Crippen LogP contribution in [0.4, 0.5) is 10.1 Å². The highest BCUT2D eigenvalue weighted by molar-refractivity contribution is 5.95. The number of carbonyl (C=O) groups is 1. The molecule has 0 bridgehead atoms. The average molecular weight is 290 g/mol. The smallest absolute Gasteiger partial charge is 0.241 e. The zero-order chi connectivity index (χ0) is 15.6. The van der Waals surface area contributed by atoms with E-state index in [1.807, 2.05) is 20.8 Å². The highest BCUT2D eigenvalue weighted by Gasteiger charge is 2.27. The maximum absolute atomic E-state index is 14.1. The second kappa shape index (κ2) is 5.65. The van der Waals surface area contributed by atoms with Crippen LogP contribution in [0.3, 0.4) is 0 Å². The summed E-state index contributed by atoms with van der Waals surface area (Å²) in [6.07, 6.45) is 4.72. The molecule has 0 spiro atoms. The molecule has 2 rings (SSSR count). The number of halogens is 1. The zero-order valence-corrected chi connectivity index (χ0v) is 12.3. The number of anilines is 1. The van der Waals surface area contributed by atoms with Gasteiger partial charge in [-0.3, -0.25) is 4.79 Å². The third-order valence-electron chi connectivity index (χ3n) is 3.21. The molecule has 0 unspecified atom stereocenters. The van der Waals surface area contributed by atoms with Gasteiger partial charge in [0.15, 0.2) is 0 Å². The van der Waals surface area contributed by atoms with E-state index in [2.05, 4.69) is 10.3 Å². The van der Waals surface area contributed by atoms with Gasteiger partial charge >= 0.3 is 0 Å². The molecule has 112 valence electrons. The number of nitrogens with zero attached hydrogens (tertiary/aromatic N) is 2. The quantitative estimate of drug-likeness (QED) is 0.911. The number of hydrogen-bond donors (Lipinski definition) is 2. The van der Waals surface area contributed by atoms with Crippen LogP contribution in [0.1, 0.15) is 20.8 Å². The molecule has 0 aliphatic heterocycles. The molecule has 21 heavy (non-hydrogen) atoms. The summed E-state index contributed by atoms with van der Waals surface area (Å²) in [7, 11) is 0. The molecule has 1 atom stereocenters. The van der Waals surface area contributed by atoms with Crippen LogP contribution in [0.15, 0.2) is 36.9 Å². The van der Waals surface area contributed by atoms with Crippen molar-refractivity contribution in [1.29, 1.82) is 0 Å². The van der Waals surface area contributed by atoms with Crippen molar-refractivity contribution in [2.45, 2.75) is 26.8 Å². The fourth-order valence-electron chi connectivity index (χ4n) is 1.81. The molecule has 5 nitrogen and oxygen atoms in total. The Morgan fingerprint density at radius 2 is 2.14 bits per heavy atom. The maximum Gasteiger partial charge on any atom is 0.241 e. The Balaban J connectivity index is 2.16. The largest absolute Gasteiger partial charge is 0.325 e. The lowest BCUT2D eigenvalue weighted by molar-refractivity contribution is -0.119. The SMILES string of the molecule is CC(C)(C)[C@H](N)C(=O)Nc1ccc(-n2ccnc2)c(F)c1. The minimum atomic E-state index is -0.672. The predicted octanol–water partition coefficient (Wildman–Crippen LogP) is 2.32. The highest BCUT2D eigenvalue weighted by atomic mass is 19.1. The zero-order valence-electron chi connectivity index (χ0n) is 12.3. The minimum absolute atomic E-state index is 0.336. The van der Waals surface area contributed by atoms with Crippen molar-refractivity contribution in [1.82, 2.24) is 9.55 Å². The van der Waals surface area contributed by atoms with E-state index in [-0.39, 0.29) is 11.3 Å². The molecule has 3 N–H and O–H groups in total. The molecule has 1 amide bonds. The number of imidazole rings is 1. The van der Waals surface area contributed by atoms with Crippen molar-refractivity contribution in [2.75, 3.05) is 5.32 Å². The second-order valence-electron chi connectivity index (χ2n) is 5.97. The number of carbonyl (C=O) groups excluding carboxylic acids is 1. The van der Waals surface area contributed by atoms with E-state index in [9.17, 15) is 9.18 Å². The summed E-state index contributed by atoms with van der Waals surface area (Å²) in [6.45, 7) is 5.62. The summed E-state index contributed by atoms with van der Waals surface area (Å²) in [5, 5.41) is 2.63. The molecular formula is C15H19FN4O. The van der Waals surface area contributed by atoms with Crippen LogP contribution >= 0.6 is 0 Å². The molecule has 0 aliphatic rings. The van der Waals surface area contributed by atoms with E-state index in [4.69, 9.17) is 5.73 Å². The molecule has 1 aromatic carbocycles. The molecule has 0 saturated heterocycles. The lowest BCUT2D eigenvalue weighted by Gasteiger charge is -2.25. The molecular weight excluding hydrogens is 271 g/mol. The number of nitrogens with two attached hydrogens (primary N) is 1. The normalized spacial score (nSPS) is 13.0. The molecule has 0 fully saturated rings. The minimum Gasteiger partial charge on any atom is -0.325 e. The predicted molar refractivity (Wildman–Crippen MR) is 79.6 cm³/mol. The monoisotopic (exact) mass is 290 g/mol. The number of rotatable bonds is 3. The number of hydrogen-bond acceptors (Lipinski definition) is 3. The highest BCUT2D eigenvalue weighted by Crippen LogP contribution is 2.21. The Morgan fingerprint density at radius 3 is 2.67 bits per heavy atom. The van der Waals surface area contributed by atoms with Crippen LogP contribution in [0.5, 0.6) is 0 Å². The van der Waals surface area contributed by atoms with E-state index in [1.54, 1.807) is 29.1 Å². The van der Waals surface area contributed by atoms with E-state index in [0.29, 0.717) is 11.4 Å². The molecule has 0 radical (unpaired) electrons. The molecule has 0 saturated carbocycles. The first kappa shape index (κ1) is 15.2. The molecule has 2 aromatic rings. The Morgan fingerprint density at radius 1 is 1.43 bits per heavy atom. The molecule has 6 heteroatoms. The van der Waals surface area contributed by atoms with Gasteiger partial charge in [-0.15, -0.1) is 0 Å². The van der Waals surface area contributed by atoms with E-state index in [1.165, 1.54) is 12.4 Å². The number of aromatic nitrogens is 2. The van der Waals surface area contributed by atoms with Gasteiger partial charge < -0.3 is 15.6 Å². The molecule has 1 aromatic heterocycles. The first-order valence-corrected chi connectivity index (χ1v) is 6.63. The first-order valence-electron chi connectivity index (χ1n) is 6.63. The van der Waals surface area contributed by atoms with Gasteiger partial charge in [-0.1, -0.05) is 20.8 Å². The lowest BCUT2D eigenvalue weighted by atomic mass is 9.87. The Labute approximate surface area is 123 Å². The van der Waals surface area contributed by atoms with Crippen molar-refractivity contribution in [3.05, 3.63) is 42.7 Å². The fraction of sp³-hybridized carbons (Fsp3) is 0.333. The first-order chi connectivity index (χ1) is 9.79. The third kappa shape index (κ3) is 3.46.